The summed E-state index contributed by atoms with van der Waals surface area (Å²) in [6, 6.07) is 2.12. The minimum Gasteiger partial charge on any atom is -0.378 e. The van der Waals surface area contributed by atoms with Crippen molar-refractivity contribution in [2.24, 2.45) is 0 Å². The van der Waals surface area contributed by atoms with Gasteiger partial charge in [0.2, 0.25) is 0 Å². The molecule has 3 heterocycles. The summed E-state index contributed by atoms with van der Waals surface area (Å²) in [5, 5.41) is 4.65. The summed E-state index contributed by atoms with van der Waals surface area (Å²) < 4.78 is 7.68. The van der Waals surface area contributed by atoms with Crippen LogP contribution in [-0.2, 0) is 4.74 Å². The van der Waals surface area contributed by atoms with Crippen LogP contribution >= 0.6 is 0 Å². The smallest absolute Gasteiger partial charge is 0.160 e. The van der Waals surface area contributed by atoms with E-state index in [4.69, 9.17) is 4.74 Å². The minimum absolute atomic E-state index is 0.474. The summed E-state index contributed by atoms with van der Waals surface area (Å²) in [5.41, 5.74) is 4.22. The number of hydrogen-bond acceptors (Lipinski definition) is 4. The Kier molecular flexibility index (Phi) is 4.34. The molecule has 0 spiro atoms. The molecule has 3 rings (SSSR count). The van der Waals surface area contributed by atoms with Gasteiger partial charge in [-0.05, 0) is 46.5 Å². The van der Waals surface area contributed by atoms with E-state index in [9.17, 15) is 0 Å². The van der Waals surface area contributed by atoms with Crippen molar-refractivity contribution in [3.8, 4) is 0 Å². The average Bonchev–Trinajstić information content (AvgIpc) is 3.09. The lowest BCUT2D eigenvalue weighted by Gasteiger charge is -2.21. The maximum Gasteiger partial charge on any atom is 0.160 e. The van der Waals surface area contributed by atoms with Crippen molar-refractivity contribution in [2.45, 2.75) is 52.6 Å². The van der Waals surface area contributed by atoms with E-state index >= 15 is 0 Å². The Morgan fingerprint density at radius 3 is 2.91 bits per heavy atom. The van der Waals surface area contributed by atoms with E-state index in [1.807, 2.05) is 18.4 Å². The summed E-state index contributed by atoms with van der Waals surface area (Å²) in [6.45, 7) is 8.13. The van der Waals surface area contributed by atoms with Gasteiger partial charge in [0.05, 0.1) is 11.8 Å². The zero-order valence-electron chi connectivity index (χ0n) is 14.1. The molecular formula is C17H26N4O. The van der Waals surface area contributed by atoms with Crippen LogP contribution in [0.4, 0.5) is 5.82 Å². The van der Waals surface area contributed by atoms with Crippen molar-refractivity contribution in [1.29, 1.82) is 0 Å². The molecule has 0 aliphatic carbocycles. The second kappa shape index (κ2) is 6.24. The number of fused-ring (bicyclic) bond motifs is 1. The highest BCUT2D eigenvalue weighted by Crippen LogP contribution is 2.22. The highest BCUT2D eigenvalue weighted by Gasteiger charge is 2.17. The average molecular weight is 302 g/mol. The summed E-state index contributed by atoms with van der Waals surface area (Å²) in [6.07, 6.45) is 5.20. The molecule has 0 bridgehead atoms. The van der Waals surface area contributed by atoms with Gasteiger partial charge in [-0.25, -0.2) is 4.98 Å². The molecule has 1 atom stereocenters. The summed E-state index contributed by atoms with van der Waals surface area (Å²) in [5.74, 6) is 1.12. The normalized spacial score (nSPS) is 18.3. The highest BCUT2D eigenvalue weighted by molar-refractivity contribution is 5.56. The Morgan fingerprint density at radius 2 is 2.18 bits per heavy atom. The third-order valence-corrected chi connectivity index (χ3v) is 4.60. The largest absolute Gasteiger partial charge is 0.378 e. The Bertz CT molecular complexity index is 658. The molecule has 1 saturated heterocycles. The van der Waals surface area contributed by atoms with E-state index in [-0.39, 0.29) is 0 Å². The van der Waals surface area contributed by atoms with Crippen molar-refractivity contribution < 1.29 is 4.74 Å². The lowest BCUT2D eigenvalue weighted by Crippen LogP contribution is -2.23. The molecule has 0 saturated carbocycles. The van der Waals surface area contributed by atoms with Crippen LogP contribution in [0.15, 0.2) is 6.07 Å². The lowest BCUT2D eigenvalue weighted by molar-refractivity contribution is 0.103. The van der Waals surface area contributed by atoms with Gasteiger partial charge in [-0.15, -0.1) is 0 Å². The van der Waals surface area contributed by atoms with Crippen LogP contribution in [0.25, 0.3) is 5.65 Å². The maximum atomic E-state index is 5.70. The van der Waals surface area contributed by atoms with Gasteiger partial charge in [-0.2, -0.15) is 9.61 Å². The molecule has 120 valence electrons. The van der Waals surface area contributed by atoms with E-state index in [1.54, 1.807) is 0 Å². The Balaban J connectivity index is 1.75. The molecule has 0 N–H and O–H groups in total. The van der Waals surface area contributed by atoms with Crippen LogP contribution in [0, 0.1) is 20.8 Å². The van der Waals surface area contributed by atoms with Gasteiger partial charge in [0.15, 0.2) is 5.65 Å². The van der Waals surface area contributed by atoms with Crippen molar-refractivity contribution >= 4 is 11.5 Å². The van der Waals surface area contributed by atoms with E-state index in [1.165, 1.54) is 12.8 Å². The minimum atomic E-state index is 0.474. The number of anilines is 1. The van der Waals surface area contributed by atoms with E-state index < -0.39 is 0 Å². The molecule has 1 aliphatic heterocycles. The first kappa shape index (κ1) is 15.3. The number of hydrogen-bond donors (Lipinski definition) is 0. The number of aromatic nitrogens is 3. The van der Waals surface area contributed by atoms with Gasteiger partial charge in [0.25, 0.3) is 0 Å². The van der Waals surface area contributed by atoms with Crippen LogP contribution in [0.3, 0.4) is 0 Å². The van der Waals surface area contributed by atoms with Gasteiger partial charge in [0, 0.05) is 37.5 Å². The standard InChI is InChI=1S/C17H26N4O/c1-12-11-16(21-17(18-12)13(2)14(3)19-21)20(4)9-5-7-15-8-6-10-22-15/h11,15H,5-10H2,1-4H3/t15-/m0/s1. The predicted molar refractivity (Wildman–Crippen MR) is 88.7 cm³/mol. The van der Waals surface area contributed by atoms with Crippen LogP contribution in [0.1, 0.15) is 42.6 Å². The quantitative estimate of drug-likeness (QED) is 0.851. The molecule has 1 aliphatic rings. The molecule has 0 aromatic carbocycles. The summed E-state index contributed by atoms with van der Waals surface area (Å²) in [7, 11) is 2.13. The van der Waals surface area contributed by atoms with Gasteiger partial charge in [-0.3, -0.25) is 0 Å². The van der Waals surface area contributed by atoms with Crippen LogP contribution in [-0.4, -0.2) is 40.9 Å². The molecule has 1 fully saturated rings. The molecule has 2 aromatic heterocycles. The van der Waals surface area contributed by atoms with Crippen molar-refractivity contribution in [3.05, 3.63) is 23.0 Å². The number of nitrogens with zero attached hydrogens (tertiary/aromatic N) is 4. The van der Waals surface area contributed by atoms with Gasteiger partial charge in [0.1, 0.15) is 5.82 Å². The zero-order chi connectivity index (χ0) is 15.7. The lowest BCUT2D eigenvalue weighted by atomic mass is 10.1. The first-order chi connectivity index (χ1) is 10.6. The van der Waals surface area contributed by atoms with E-state index in [0.717, 1.165) is 54.4 Å². The molecule has 22 heavy (non-hydrogen) atoms. The molecule has 0 amide bonds. The summed E-state index contributed by atoms with van der Waals surface area (Å²) in [4.78, 5) is 6.92. The van der Waals surface area contributed by atoms with Crippen LogP contribution in [0.2, 0.25) is 0 Å². The van der Waals surface area contributed by atoms with E-state index in [2.05, 4.69) is 35.0 Å². The second-order valence-corrected chi connectivity index (χ2v) is 6.40. The fourth-order valence-electron chi connectivity index (χ4n) is 3.15. The molecule has 5 nitrogen and oxygen atoms in total. The van der Waals surface area contributed by atoms with Crippen molar-refractivity contribution in [2.75, 3.05) is 25.1 Å². The molecule has 0 radical (unpaired) electrons. The van der Waals surface area contributed by atoms with Crippen LogP contribution in [0.5, 0.6) is 0 Å². The van der Waals surface area contributed by atoms with Crippen molar-refractivity contribution in [3.63, 3.8) is 0 Å². The maximum absolute atomic E-state index is 5.70. The Morgan fingerprint density at radius 1 is 1.36 bits per heavy atom. The van der Waals surface area contributed by atoms with Crippen molar-refractivity contribution in [1.82, 2.24) is 14.6 Å². The fourth-order valence-corrected chi connectivity index (χ4v) is 3.15. The molecular weight excluding hydrogens is 276 g/mol. The van der Waals surface area contributed by atoms with Crippen LogP contribution < -0.4 is 4.90 Å². The summed E-state index contributed by atoms with van der Waals surface area (Å²) >= 11 is 0. The molecule has 5 heteroatoms. The Hall–Kier alpha value is -1.62. The SMILES string of the molecule is Cc1cc(N(C)CCC[C@H]2CCCO2)n2nc(C)c(C)c2n1. The third kappa shape index (κ3) is 2.95. The third-order valence-electron chi connectivity index (χ3n) is 4.60. The highest BCUT2D eigenvalue weighted by atomic mass is 16.5. The monoisotopic (exact) mass is 302 g/mol. The fraction of sp³-hybridized carbons (Fsp3) is 0.647. The van der Waals surface area contributed by atoms with E-state index in [0.29, 0.717) is 6.10 Å². The number of ether oxygens (including phenoxy) is 1. The first-order valence-corrected chi connectivity index (χ1v) is 8.22. The second-order valence-electron chi connectivity index (χ2n) is 6.40. The Labute approximate surface area is 132 Å². The molecule has 0 unspecified atom stereocenters. The van der Waals surface area contributed by atoms with Gasteiger partial charge >= 0.3 is 0 Å². The first-order valence-electron chi connectivity index (χ1n) is 8.22. The topological polar surface area (TPSA) is 42.7 Å². The van der Waals surface area contributed by atoms with Gasteiger partial charge in [-0.1, -0.05) is 0 Å². The number of rotatable bonds is 5. The van der Waals surface area contributed by atoms with Gasteiger partial charge < -0.3 is 9.64 Å². The zero-order valence-corrected chi connectivity index (χ0v) is 14.1. The number of aryl methyl sites for hydroxylation is 3. The predicted octanol–water partition coefficient (Wildman–Crippen LogP) is 3.05. The molecule has 2 aromatic rings.